The van der Waals surface area contributed by atoms with Crippen molar-refractivity contribution in [2.24, 2.45) is 10.2 Å². The van der Waals surface area contributed by atoms with E-state index in [0.717, 1.165) is 44.8 Å². The largest absolute Gasteiger partial charge is 0.756 e. The summed E-state index contributed by atoms with van der Waals surface area (Å²) in [6.45, 7) is 3.76. The van der Waals surface area contributed by atoms with E-state index in [4.69, 9.17) is 39.6 Å². The van der Waals surface area contributed by atoms with Crippen LogP contribution in [0, 0.1) is 11.8 Å². The van der Waals surface area contributed by atoms with Crippen LogP contribution < -0.4 is 46.6 Å². The maximum absolute atomic E-state index is 13.2. The number of fused-ring (bicyclic) bond motifs is 2. The fraction of sp³-hybridized carbons (Fsp3) is 0.424. The highest BCUT2D eigenvalue weighted by Crippen LogP contribution is 2.55. The molecule has 0 saturated carbocycles. The van der Waals surface area contributed by atoms with Gasteiger partial charge in [-0.1, -0.05) is 77.0 Å². The molecule has 0 spiro atoms. The minimum absolute atomic E-state index is 0.0875. The SMILES string of the molecule is CC1(C)C(/C=C/C=C2/N(c3ccccc3)c3ccccc3C2(C)CCCCS(=O)(=O)[O-])=[N+](CCCCCC(=O)NCCNC(=O)c2cccc(OCC(N=[N+]=[N-])OCCOCC(=O)NCC#Cc3cn(C4CC(OCN=[N+]=[N-])C(COP(=O)([O-])OP(=O)([O-])O)O4)c(=O)[nH]c3=O)c2)c2ccc(S(=O)(=O)[O-])cc21. The number of aromatic amines is 1. The van der Waals surface area contributed by atoms with Crippen LogP contribution in [-0.2, 0) is 77.6 Å². The van der Waals surface area contributed by atoms with E-state index in [9.17, 15) is 68.8 Å². The van der Waals surface area contributed by atoms with Crippen molar-refractivity contribution in [3.8, 4) is 17.6 Å². The quantitative estimate of drug-likeness (QED) is 0.00486. The van der Waals surface area contributed by atoms with Gasteiger partial charge in [0, 0.05) is 99.9 Å². The molecule has 5 aromatic rings. The smallest absolute Gasteiger partial charge is 0.330 e. The number of phosphoric acid groups is 2. The number of nitrogens with zero attached hydrogens (tertiary/aromatic N) is 9. The lowest BCUT2D eigenvalue weighted by Gasteiger charge is -2.30. The van der Waals surface area contributed by atoms with Crippen molar-refractivity contribution in [3.05, 3.63) is 191 Å². The third-order valence-electron chi connectivity index (χ3n) is 17.1. The van der Waals surface area contributed by atoms with Crippen molar-refractivity contribution < 1.29 is 101 Å². The number of carbonyl (C=O) groups excluding carboxylic acids is 3. The number of nitrogens with one attached hydrogen (secondary N) is 4. The number of allylic oxidation sites excluding steroid dienone is 4. The topological polar surface area (TPSA) is 525 Å². The second-order valence-electron chi connectivity index (χ2n) is 24.8. The molecule has 0 bridgehead atoms. The third kappa shape index (κ3) is 23.4. The number of ether oxygens (including phenoxy) is 5. The Balaban J connectivity index is 0.762. The molecule has 7 atom stereocenters. The highest BCUT2D eigenvalue weighted by molar-refractivity contribution is 7.86. The van der Waals surface area contributed by atoms with E-state index in [0.29, 0.717) is 44.2 Å². The van der Waals surface area contributed by atoms with Crippen molar-refractivity contribution in [1.82, 2.24) is 25.5 Å². The molecular weight excluding hydrogens is 1470 g/mol. The molecule has 5 N–H and O–H groups in total. The van der Waals surface area contributed by atoms with Gasteiger partial charge in [0.1, 0.15) is 60.3 Å². The summed E-state index contributed by atoms with van der Waals surface area (Å²) in [6.07, 6.45) is 4.92. The first-order valence-electron chi connectivity index (χ1n) is 32.9. The Hall–Kier alpha value is -9.18. The highest BCUT2D eigenvalue weighted by atomic mass is 32.2. The Kier molecular flexibility index (Phi) is 29.1. The van der Waals surface area contributed by atoms with Gasteiger partial charge in [-0.05, 0) is 118 Å². The van der Waals surface area contributed by atoms with Crippen LogP contribution in [-0.4, -0.2) is 159 Å². The van der Waals surface area contributed by atoms with Gasteiger partial charge in [-0.25, -0.2) is 25.9 Å². The Morgan fingerprint density at radius 2 is 1.65 bits per heavy atom. The van der Waals surface area contributed by atoms with Gasteiger partial charge in [0.15, 0.2) is 11.9 Å². The number of carbonyl (C=O) groups is 3. The van der Waals surface area contributed by atoms with Crippen molar-refractivity contribution >= 4 is 76.4 Å². The number of para-hydroxylation sites is 2. The van der Waals surface area contributed by atoms with Crippen LogP contribution in [0.3, 0.4) is 0 Å². The normalized spacial score (nSPS) is 19.2. The predicted octanol–water partition coefficient (Wildman–Crippen LogP) is 5.31. The van der Waals surface area contributed by atoms with Crippen molar-refractivity contribution in [3.63, 3.8) is 0 Å². The van der Waals surface area contributed by atoms with Gasteiger partial charge >= 0.3 is 5.69 Å². The highest BCUT2D eigenvalue weighted by Gasteiger charge is 2.46. The molecule has 0 aliphatic carbocycles. The van der Waals surface area contributed by atoms with Crippen LogP contribution in [0.1, 0.15) is 105 Å². The molecule has 1 aromatic heterocycles. The zero-order valence-electron chi connectivity index (χ0n) is 57.5. The molecule has 106 heavy (non-hydrogen) atoms. The van der Waals surface area contributed by atoms with Gasteiger partial charge in [-0.15, -0.1) is 0 Å². The van der Waals surface area contributed by atoms with Gasteiger partial charge in [0.2, 0.25) is 17.5 Å². The van der Waals surface area contributed by atoms with Gasteiger partial charge in [-0.3, -0.25) is 37.9 Å². The molecule has 4 aromatic carbocycles. The molecule has 7 unspecified atom stereocenters. The Morgan fingerprint density at radius 1 is 0.896 bits per heavy atom. The molecule has 1 fully saturated rings. The first-order valence-corrected chi connectivity index (χ1v) is 38.9. The lowest BCUT2D eigenvalue weighted by Crippen LogP contribution is -2.34. The summed E-state index contributed by atoms with van der Waals surface area (Å²) in [7, 11) is -20.6. The Bertz CT molecular complexity index is 4760. The molecule has 8 rings (SSSR count). The van der Waals surface area contributed by atoms with Gasteiger partial charge in [0.25, 0.3) is 27.1 Å². The van der Waals surface area contributed by atoms with E-state index in [1.165, 1.54) is 24.3 Å². The maximum Gasteiger partial charge on any atom is 0.330 e. The summed E-state index contributed by atoms with van der Waals surface area (Å²) in [6, 6.07) is 28.3. The number of H-pyrrole nitrogens is 1. The number of anilines is 2. The summed E-state index contributed by atoms with van der Waals surface area (Å²) < 4.78 is 133. The van der Waals surface area contributed by atoms with Gasteiger partial charge in [-0.2, -0.15) is 4.58 Å². The van der Waals surface area contributed by atoms with Crippen LogP contribution >= 0.6 is 15.6 Å². The first kappa shape index (κ1) is 82.5. The van der Waals surface area contributed by atoms with Crippen molar-refractivity contribution in [1.29, 1.82) is 0 Å². The zero-order valence-corrected chi connectivity index (χ0v) is 60.9. The average Bonchev–Trinajstić information content (AvgIpc) is 1.58. The molecule has 40 heteroatoms. The van der Waals surface area contributed by atoms with Gasteiger partial charge in [0.05, 0.1) is 52.9 Å². The monoisotopic (exact) mass is 1540 g/mol. The second-order valence-corrected chi connectivity index (χ2v) is 30.4. The molecule has 568 valence electrons. The summed E-state index contributed by atoms with van der Waals surface area (Å²) >= 11 is 0. The van der Waals surface area contributed by atoms with E-state index in [2.05, 4.69) is 79.1 Å². The van der Waals surface area contributed by atoms with Gasteiger partial charge < -0.3 is 72.8 Å². The second kappa shape index (κ2) is 37.4. The number of phosphoric ester groups is 1. The molecule has 1 saturated heterocycles. The number of hydrogen-bond acceptors (Lipinski definition) is 25. The fourth-order valence-electron chi connectivity index (χ4n) is 12.1. The minimum Gasteiger partial charge on any atom is -0.756 e. The van der Waals surface area contributed by atoms with E-state index >= 15 is 0 Å². The van der Waals surface area contributed by atoms with E-state index in [1.807, 2.05) is 85.6 Å². The molecule has 3 aliphatic heterocycles. The van der Waals surface area contributed by atoms with E-state index < -0.39 is 120 Å². The number of rotatable bonds is 39. The lowest BCUT2D eigenvalue weighted by molar-refractivity contribution is -0.438. The summed E-state index contributed by atoms with van der Waals surface area (Å²) in [4.78, 5) is 105. The molecule has 0 radical (unpaired) electrons. The van der Waals surface area contributed by atoms with Crippen LogP contribution in [0.4, 0.5) is 17.1 Å². The third-order valence-corrected chi connectivity index (χ3v) is 20.8. The number of aromatic nitrogens is 2. The summed E-state index contributed by atoms with van der Waals surface area (Å²) in [5.41, 5.74) is 20.4. The molecule has 3 aliphatic rings. The van der Waals surface area contributed by atoms with Crippen LogP contribution in [0.25, 0.3) is 20.9 Å². The summed E-state index contributed by atoms with van der Waals surface area (Å²) in [5, 5.41) is 14.8. The molecular formula is C66H76N13O23P2S2-3. The fourth-order valence-corrected chi connectivity index (χ4v) is 14.7. The van der Waals surface area contributed by atoms with E-state index in [-0.39, 0.29) is 86.4 Å². The number of hydrogen-bond donors (Lipinski definition) is 5. The molecule has 36 nitrogen and oxygen atoms in total. The Morgan fingerprint density at radius 3 is 2.39 bits per heavy atom. The van der Waals surface area contributed by atoms with Crippen LogP contribution in [0.15, 0.2) is 152 Å². The zero-order chi connectivity index (χ0) is 76.9. The first-order chi connectivity index (χ1) is 50.3. The average molecular weight is 1550 g/mol. The maximum atomic E-state index is 13.2. The van der Waals surface area contributed by atoms with Crippen molar-refractivity contribution in [2.75, 3.05) is 76.6 Å². The predicted molar refractivity (Wildman–Crippen MR) is 374 cm³/mol. The lowest BCUT2D eigenvalue weighted by atomic mass is 9.77. The minimum atomic E-state index is -5.78. The van der Waals surface area contributed by atoms with Crippen LogP contribution in [0.5, 0.6) is 5.75 Å². The van der Waals surface area contributed by atoms with Crippen LogP contribution in [0.2, 0.25) is 0 Å². The molecule has 3 amide bonds. The van der Waals surface area contributed by atoms with E-state index in [1.54, 1.807) is 18.2 Å². The summed E-state index contributed by atoms with van der Waals surface area (Å²) in [5.74, 6) is 3.44. The molecule has 4 heterocycles. The standard InChI is InChI=1S/C66H79N13O23P2S2/c1-65(2)51-38-49(106(93,94)95)27-28-52(51)77(56(65)24-15-25-57-66(3,29-11-13-36-105(90,91)92)50-22-9-10-23-53(50)79(57)47-19-6-4-7-20-47)33-12-5-8-26-58(80)70-31-32-71-62(82)45-17-14-21-48(37-45)98-43-60(74-76-68)97-35-34-96-42-59(81)69-30-16-18-46-40-78(64(84)73-63(46)83)61-39-54(99-44-72-75-67)55(101-61)41-100-104(88,89)102-103(85,86)87/h4,6-7,9-10,14-15,17,19-25,27-28,37-38,40,54-55,60-61H,5,8,11-13,26,29-36,39,41-44H2,1-3H3,(H8-,69,70,71,73,80,81,82,83,84,85,86,87,88,89,90,91,92,93,94,95)/p-3. The number of unbranched alkanes of at least 4 members (excludes halogenated alkanes) is 3. The van der Waals surface area contributed by atoms with Crippen molar-refractivity contribution in [2.45, 2.75) is 113 Å². The number of benzene rings is 4. The number of amides is 3. The number of azide groups is 2. The Labute approximate surface area is 608 Å².